The van der Waals surface area contributed by atoms with Crippen molar-refractivity contribution in [1.82, 2.24) is 30.1 Å². The Morgan fingerprint density at radius 1 is 1.14 bits per heavy atom. The van der Waals surface area contributed by atoms with Crippen molar-refractivity contribution in [1.29, 1.82) is 0 Å². The van der Waals surface area contributed by atoms with Gasteiger partial charge in [0.2, 0.25) is 5.91 Å². The molecule has 10 heteroatoms. The average molecular weight is 467 g/mol. The summed E-state index contributed by atoms with van der Waals surface area (Å²) in [5.74, 6) is -0.142. The number of anilines is 1. The summed E-state index contributed by atoms with van der Waals surface area (Å²) >= 11 is 0. The van der Waals surface area contributed by atoms with Gasteiger partial charge in [-0.25, -0.2) is 14.4 Å². The second-order valence-corrected chi connectivity index (χ2v) is 7.97. The molecule has 6 rings (SSSR count). The number of nitrogens with zero attached hydrogens (tertiary/aromatic N) is 4. The Balaban J connectivity index is 1.47. The summed E-state index contributed by atoms with van der Waals surface area (Å²) in [5.41, 5.74) is 5.52. The maximum absolute atomic E-state index is 15.1. The molecular weight excluding hydrogens is 449 g/mol. The molecule has 0 fully saturated rings. The van der Waals surface area contributed by atoms with E-state index in [1.165, 1.54) is 6.07 Å². The van der Waals surface area contributed by atoms with E-state index in [4.69, 9.17) is 4.42 Å². The predicted octanol–water partition coefficient (Wildman–Crippen LogP) is 5.31. The lowest BCUT2D eigenvalue weighted by Gasteiger charge is -2.07. The lowest BCUT2D eigenvalue weighted by molar-refractivity contribution is -0.115. The number of aromatic amines is 2. The molecule has 0 bridgehead atoms. The second-order valence-electron chi connectivity index (χ2n) is 7.97. The first-order chi connectivity index (χ1) is 17.1. The Morgan fingerprint density at radius 2 is 2.06 bits per heavy atom. The van der Waals surface area contributed by atoms with Crippen LogP contribution < -0.4 is 5.32 Å². The maximum atomic E-state index is 15.1. The fraction of sp³-hybridized carbons (Fsp3) is 0.0800. The highest BCUT2D eigenvalue weighted by molar-refractivity contribution is 5.98. The number of aromatic nitrogens is 6. The zero-order valence-corrected chi connectivity index (χ0v) is 18.5. The molecule has 1 aromatic carbocycles. The molecule has 0 atom stereocenters. The molecule has 9 nitrogen and oxygen atoms in total. The van der Waals surface area contributed by atoms with Gasteiger partial charge in [0.15, 0.2) is 17.3 Å². The van der Waals surface area contributed by atoms with Crippen molar-refractivity contribution in [3.63, 3.8) is 0 Å². The van der Waals surface area contributed by atoms with Gasteiger partial charge >= 0.3 is 0 Å². The average Bonchev–Trinajstić information content (AvgIpc) is 3.63. The number of hydrogen-bond acceptors (Lipinski definition) is 6. The number of carbonyl (C=O) groups excluding carboxylic acids is 1. The van der Waals surface area contributed by atoms with Gasteiger partial charge < -0.3 is 14.7 Å². The van der Waals surface area contributed by atoms with Crippen LogP contribution in [0.4, 0.5) is 10.1 Å². The van der Waals surface area contributed by atoms with E-state index in [1.807, 2.05) is 18.2 Å². The molecule has 172 valence electrons. The molecule has 0 aliphatic heterocycles. The third kappa shape index (κ3) is 3.61. The monoisotopic (exact) mass is 467 g/mol. The fourth-order valence-electron chi connectivity index (χ4n) is 4.03. The Bertz CT molecular complexity index is 1700. The number of halogens is 1. The number of pyridine rings is 2. The molecule has 0 aliphatic carbocycles. The number of nitrogens with one attached hydrogen (secondary N) is 3. The highest BCUT2D eigenvalue weighted by atomic mass is 19.1. The Morgan fingerprint density at radius 3 is 2.89 bits per heavy atom. The van der Waals surface area contributed by atoms with Crippen molar-refractivity contribution in [2.75, 3.05) is 5.32 Å². The van der Waals surface area contributed by atoms with E-state index in [-0.39, 0.29) is 11.4 Å². The zero-order valence-electron chi connectivity index (χ0n) is 18.5. The number of amides is 1. The number of carbonyl (C=O) groups is 1. The molecule has 0 aliphatic rings. The molecule has 35 heavy (non-hydrogen) atoms. The van der Waals surface area contributed by atoms with E-state index in [1.54, 1.807) is 44.1 Å². The van der Waals surface area contributed by atoms with E-state index in [0.29, 0.717) is 45.8 Å². The lowest BCUT2D eigenvalue weighted by atomic mass is 10.0. The topological polar surface area (TPSA) is 125 Å². The zero-order chi connectivity index (χ0) is 23.9. The number of H-pyrrole nitrogens is 2. The van der Waals surface area contributed by atoms with Crippen molar-refractivity contribution in [3.05, 3.63) is 67.3 Å². The van der Waals surface area contributed by atoms with Crippen LogP contribution in [0, 0.1) is 5.82 Å². The van der Waals surface area contributed by atoms with E-state index in [2.05, 4.69) is 35.5 Å². The van der Waals surface area contributed by atoms with Gasteiger partial charge in [-0.2, -0.15) is 5.10 Å². The normalized spacial score (nSPS) is 11.4. The third-order valence-electron chi connectivity index (χ3n) is 5.75. The van der Waals surface area contributed by atoms with Crippen molar-refractivity contribution in [2.24, 2.45) is 0 Å². The SMILES string of the molecule is CCC(=O)Nc1cncc(-c2cc(F)c3n[nH]c(-c4nc5nccc(-c6ccoc6)c5[nH]4)c3c2)c1. The summed E-state index contributed by atoms with van der Waals surface area (Å²) < 4.78 is 20.3. The maximum Gasteiger partial charge on any atom is 0.224 e. The summed E-state index contributed by atoms with van der Waals surface area (Å²) in [6, 6.07) is 8.69. The number of imidazole rings is 1. The Kier molecular flexibility index (Phi) is 4.84. The Hall–Kier alpha value is -4.86. The standard InChI is InChI=1S/C25H18FN7O2/c1-2-20(34)29-16-7-15(10-27-11-16)14-8-18-21(19(26)9-14)32-33-23(18)25-30-22-17(13-4-6-35-12-13)3-5-28-24(22)31-25/h3-12H,2H2,1H3,(H,29,34)(H,32,33)(H,28,30,31). The van der Waals surface area contributed by atoms with Crippen LogP contribution in [-0.2, 0) is 4.79 Å². The minimum atomic E-state index is -0.490. The van der Waals surface area contributed by atoms with Gasteiger partial charge in [-0.15, -0.1) is 0 Å². The van der Waals surface area contributed by atoms with Gasteiger partial charge in [-0.05, 0) is 35.9 Å². The van der Waals surface area contributed by atoms with Crippen LogP contribution in [0.25, 0.3) is 55.8 Å². The van der Waals surface area contributed by atoms with Gasteiger partial charge in [0.25, 0.3) is 0 Å². The van der Waals surface area contributed by atoms with E-state index in [0.717, 1.165) is 16.6 Å². The van der Waals surface area contributed by atoms with Crippen molar-refractivity contribution >= 4 is 33.7 Å². The molecule has 5 heterocycles. The minimum absolute atomic E-state index is 0.129. The largest absolute Gasteiger partial charge is 0.472 e. The molecule has 0 spiro atoms. The van der Waals surface area contributed by atoms with Crippen LogP contribution in [0.1, 0.15) is 13.3 Å². The number of benzene rings is 1. The van der Waals surface area contributed by atoms with Gasteiger partial charge in [0, 0.05) is 40.9 Å². The highest BCUT2D eigenvalue weighted by Gasteiger charge is 2.18. The molecule has 1 amide bonds. The van der Waals surface area contributed by atoms with Gasteiger partial charge in [0.1, 0.15) is 11.2 Å². The van der Waals surface area contributed by atoms with Crippen LogP contribution in [0.15, 0.2) is 65.9 Å². The molecule has 0 radical (unpaired) electrons. The number of fused-ring (bicyclic) bond motifs is 2. The summed E-state index contributed by atoms with van der Waals surface area (Å²) in [5, 5.41) is 10.4. The first-order valence-corrected chi connectivity index (χ1v) is 10.9. The molecular formula is C25H18FN7O2. The highest BCUT2D eigenvalue weighted by Crippen LogP contribution is 2.34. The summed E-state index contributed by atoms with van der Waals surface area (Å²) in [6.45, 7) is 1.77. The van der Waals surface area contributed by atoms with Crippen molar-refractivity contribution in [2.45, 2.75) is 13.3 Å². The number of hydrogen-bond donors (Lipinski definition) is 3. The predicted molar refractivity (Wildman–Crippen MR) is 129 cm³/mol. The third-order valence-corrected chi connectivity index (χ3v) is 5.75. The Labute approximate surface area is 197 Å². The van der Waals surface area contributed by atoms with Crippen LogP contribution in [0.3, 0.4) is 0 Å². The molecule has 0 saturated carbocycles. The van der Waals surface area contributed by atoms with E-state index < -0.39 is 5.82 Å². The second kappa shape index (κ2) is 8.17. The minimum Gasteiger partial charge on any atom is -0.472 e. The number of furan rings is 1. The van der Waals surface area contributed by atoms with Crippen LogP contribution in [0.5, 0.6) is 0 Å². The summed E-state index contributed by atoms with van der Waals surface area (Å²) in [4.78, 5) is 28.2. The quantitative estimate of drug-likeness (QED) is 0.315. The molecule has 6 aromatic rings. The lowest BCUT2D eigenvalue weighted by Crippen LogP contribution is -2.09. The molecule has 5 aromatic heterocycles. The molecule has 3 N–H and O–H groups in total. The number of rotatable bonds is 5. The molecule has 0 saturated heterocycles. The fourth-order valence-corrected chi connectivity index (χ4v) is 4.03. The van der Waals surface area contributed by atoms with Crippen molar-refractivity contribution in [3.8, 4) is 33.8 Å². The van der Waals surface area contributed by atoms with Crippen LogP contribution in [-0.4, -0.2) is 36.0 Å². The first-order valence-electron chi connectivity index (χ1n) is 10.9. The van der Waals surface area contributed by atoms with E-state index in [9.17, 15) is 4.79 Å². The smallest absolute Gasteiger partial charge is 0.224 e. The first kappa shape index (κ1) is 20.7. The van der Waals surface area contributed by atoms with Crippen LogP contribution >= 0.6 is 0 Å². The summed E-state index contributed by atoms with van der Waals surface area (Å²) in [6.07, 6.45) is 8.43. The van der Waals surface area contributed by atoms with Gasteiger partial charge in [-0.1, -0.05) is 6.92 Å². The molecule has 0 unspecified atom stereocenters. The van der Waals surface area contributed by atoms with Crippen LogP contribution in [0.2, 0.25) is 0 Å². The van der Waals surface area contributed by atoms with Gasteiger partial charge in [0.05, 0.1) is 29.9 Å². The summed E-state index contributed by atoms with van der Waals surface area (Å²) in [7, 11) is 0. The van der Waals surface area contributed by atoms with E-state index >= 15 is 4.39 Å². The van der Waals surface area contributed by atoms with Crippen molar-refractivity contribution < 1.29 is 13.6 Å². The van der Waals surface area contributed by atoms with Gasteiger partial charge in [-0.3, -0.25) is 14.9 Å².